The maximum atomic E-state index is 11.3. The lowest BCUT2D eigenvalue weighted by atomic mass is 10.0. The van der Waals surface area contributed by atoms with Crippen molar-refractivity contribution >= 4 is 5.91 Å². The van der Waals surface area contributed by atoms with Gasteiger partial charge >= 0.3 is 0 Å². The van der Waals surface area contributed by atoms with E-state index in [-0.39, 0.29) is 5.91 Å². The Morgan fingerprint density at radius 2 is 1.95 bits per heavy atom. The van der Waals surface area contributed by atoms with Crippen molar-refractivity contribution in [3.05, 3.63) is 29.8 Å². The Labute approximate surface area is 127 Å². The van der Waals surface area contributed by atoms with E-state index in [1.807, 2.05) is 17.0 Å². The Kier molecular flexibility index (Phi) is 6.05. The van der Waals surface area contributed by atoms with Gasteiger partial charge in [0.2, 0.25) is 5.91 Å². The van der Waals surface area contributed by atoms with Crippen LogP contribution in [0.3, 0.4) is 0 Å². The number of piperidine rings is 1. The summed E-state index contributed by atoms with van der Waals surface area (Å²) in [6.07, 6.45) is 3.11. The van der Waals surface area contributed by atoms with Crippen molar-refractivity contribution in [1.82, 2.24) is 10.2 Å². The van der Waals surface area contributed by atoms with Gasteiger partial charge in [0.1, 0.15) is 5.75 Å². The summed E-state index contributed by atoms with van der Waals surface area (Å²) < 4.78 is 5.58. The van der Waals surface area contributed by atoms with E-state index in [1.165, 1.54) is 5.56 Å². The highest BCUT2D eigenvalue weighted by Crippen LogP contribution is 2.14. The van der Waals surface area contributed by atoms with Crippen LogP contribution in [0.4, 0.5) is 0 Å². The number of rotatable bonds is 6. The highest BCUT2D eigenvalue weighted by Gasteiger charge is 2.19. The smallest absolute Gasteiger partial charge is 0.219 e. The topological polar surface area (TPSA) is 41.6 Å². The molecule has 1 aliphatic rings. The lowest BCUT2D eigenvalue weighted by Crippen LogP contribution is -2.43. The molecule has 1 N–H and O–H groups in total. The molecule has 1 aromatic rings. The van der Waals surface area contributed by atoms with Crippen LogP contribution >= 0.6 is 0 Å². The minimum Gasteiger partial charge on any atom is -0.494 e. The van der Waals surface area contributed by atoms with Crippen LogP contribution in [0.5, 0.6) is 5.75 Å². The Hall–Kier alpha value is -1.55. The minimum atomic E-state index is 0.191. The van der Waals surface area contributed by atoms with Crippen LogP contribution in [-0.2, 0) is 11.3 Å². The van der Waals surface area contributed by atoms with Gasteiger partial charge in [0.05, 0.1) is 6.61 Å². The average molecular weight is 290 g/mol. The van der Waals surface area contributed by atoms with Crippen LogP contribution in [0.2, 0.25) is 0 Å². The maximum absolute atomic E-state index is 11.3. The lowest BCUT2D eigenvalue weighted by Gasteiger charge is -2.31. The number of nitrogens with one attached hydrogen (secondary N) is 1. The van der Waals surface area contributed by atoms with E-state index in [1.54, 1.807) is 6.92 Å². The standard InChI is InChI=1S/C17H26N2O2/c1-3-12-21-17-6-4-15(5-7-17)13-18-16-8-10-19(11-9-16)14(2)20/h4-7,16,18H,3,8-13H2,1-2H3. The van der Waals surface area contributed by atoms with Crippen LogP contribution in [0.25, 0.3) is 0 Å². The summed E-state index contributed by atoms with van der Waals surface area (Å²) in [5.41, 5.74) is 1.27. The summed E-state index contributed by atoms with van der Waals surface area (Å²) in [6.45, 7) is 7.14. The normalized spacial score (nSPS) is 16.0. The van der Waals surface area contributed by atoms with Crippen molar-refractivity contribution in [2.75, 3.05) is 19.7 Å². The van der Waals surface area contributed by atoms with E-state index in [4.69, 9.17) is 4.74 Å². The molecule has 0 aliphatic carbocycles. The molecular formula is C17H26N2O2. The largest absolute Gasteiger partial charge is 0.494 e. The predicted octanol–water partition coefficient (Wildman–Crippen LogP) is 2.58. The van der Waals surface area contributed by atoms with E-state index in [0.717, 1.165) is 51.3 Å². The molecule has 4 heteroatoms. The summed E-state index contributed by atoms with van der Waals surface area (Å²) >= 11 is 0. The number of nitrogens with zero attached hydrogens (tertiary/aromatic N) is 1. The number of carbonyl (C=O) groups is 1. The van der Waals surface area contributed by atoms with Gasteiger partial charge in [-0.2, -0.15) is 0 Å². The van der Waals surface area contributed by atoms with Crippen LogP contribution in [0.15, 0.2) is 24.3 Å². The molecule has 0 atom stereocenters. The Bertz CT molecular complexity index is 437. The fraction of sp³-hybridized carbons (Fsp3) is 0.588. The van der Waals surface area contributed by atoms with Crippen LogP contribution < -0.4 is 10.1 Å². The van der Waals surface area contributed by atoms with E-state index in [9.17, 15) is 4.79 Å². The van der Waals surface area contributed by atoms with Gasteiger partial charge in [-0.1, -0.05) is 19.1 Å². The zero-order chi connectivity index (χ0) is 15.1. The zero-order valence-electron chi connectivity index (χ0n) is 13.1. The molecule has 2 rings (SSSR count). The first-order valence-electron chi connectivity index (χ1n) is 7.89. The van der Waals surface area contributed by atoms with Gasteiger partial charge in [-0.25, -0.2) is 0 Å². The van der Waals surface area contributed by atoms with E-state index >= 15 is 0 Å². The second-order valence-corrected chi connectivity index (χ2v) is 5.65. The Morgan fingerprint density at radius 3 is 2.52 bits per heavy atom. The third kappa shape index (κ3) is 5.05. The van der Waals surface area contributed by atoms with Gasteiger partial charge in [0, 0.05) is 32.6 Å². The molecule has 1 aliphatic heterocycles. The fourth-order valence-electron chi connectivity index (χ4n) is 2.58. The van der Waals surface area contributed by atoms with Gasteiger partial charge in [0.25, 0.3) is 0 Å². The molecule has 0 spiro atoms. The lowest BCUT2D eigenvalue weighted by molar-refractivity contribution is -0.129. The van der Waals surface area contributed by atoms with Gasteiger partial charge in [-0.3, -0.25) is 4.79 Å². The molecule has 0 aromatic heterocycles. The second kappa shape index (κ2) is 8.03. The first-order chi connectivity index (χ1) is 10.2. The van der Waals surface area contributed by atoms with Crippen molar-refractivity contribution in [2.24, 2.45) is 0 Å². The van der Waals surface area contributed by atoms with Crippen LogP contribution in [0.1, 0.15) is 38.7 Å². The average Bonchev–Trinajstić information content (AvgIpc) is 2.52. The SMILES string of the molecule is CCCOc1ccc(CNC2CCN(C(C)=O)CC2)cc1. The summed E-state index contributed by atoms with van der Waals surface area (Å²) in [5, 5.41) is 3.58. The highest BCUT2D eigenvalue weighted by molar-refractivity contribution is 5.73. The first-order valence-corrected chi connectivity index (χ1v) is 7.89. The van der Waals surface area contributed by atoms with Crippen molar-refractivity contribution in [2.45, 2.75) is 45.7 Å². The summed E-state index contributed by atoms with van der Waals surface area (Å²) in [4.78, 5) is 13.2. The molecule has 1 amide bonds. The monoisotopic (exact) mass is 290 g/mol. The number of hydrogen-bond donors (Lipinski definition) is 1. The quantitative estimate of drug-likeness (QED) is 0.875. The summed E-state index contributed by atoms with van der Waals surface area (Å²) in [6, 6.07) is 8.80. The molecule has 116 valence electrons. The molecule has 1 aromatic carbocycles. The maximum Gasteiger partial charge on any atom is 0.219 e. The zero-order valence-corrected chi connectivity index (χ0v) is 13.1. The van der Waals surface area contributed by atoms with E-state index in [2.05, 4.69) is 24.4 Å². The van der Waals surface area contributed by atoms with E-state index < -0.39 is 0 Å². The van der Waals surface area contributed by atoms with Gasteiger partial charge in [-0.15, -0.1) is 0 Å². The molecule has 1 fully saturated rings. The minimum absolute atomic E-state index is 0.191. The number of benzene rings is 1. The third-order valence-electron chi connectivity index (χ3n) is 3.93. The number of amides is 1. The Balaban J connectivity index is 1.72. The van der Waals surface area contributed by atoms with Gasteiger partial charge in [0.15, 0.2) is 0 Å². The van der Waals surface area contributed by atoms with Crippen LogP contribution in [0, 0.1) is 0 Å². The third-order valence-corrected chi connectivity index (χ3v) is 3.93. The Morgan fingerprint density at radius 1 is 1.29 bits per heavy atom. The summed E-state index contributed by atoms with van der Waals surface area (Å²) in [5.74, 6) is 1.13. The number of hydrogen-bond acceptors (Lipinski definition) is 3. The molecule has 0 unspecified atom stereocenters. The number of ether oxygens (including phenoxy) is 1. The molecule has 0 saturated carbocycles. The molecule has 0 bridgehead atoms. The van der Waals surface area contributed by atoms with Crippen molar-refractivity contribution in [3.63, 3.8) is 0 Å². The van der Waals surface area contributed by atoms with Gasteiger partial charge < -0.3 is 15.0 Å². The molecule has 0 radical (unpaired) electrons. The molecule has 21 heavy (non-hydrogen) atoms. The fourth-order valence-corrected chi connectivity index (χ4v) is 2.58. The molecule has 1 heterocycles. The van der Waals surface area contributed by atoms with Gasteiger partial charge in [-0.05, 0) is 37.0 Å². The predicted molar refractivity (Wildman–Crippen MR) is 84.3 cm³/mol. The molecular weight excluding hydrogens is 264 g/mol. The van der Waals surface area contributed by atoms with Crippen molar-refractivity contribution in [1.29, 1.82) is 0 Å². The van der Waals surface area contributed by atoms with E-state index in [0.29, 0.717) is 6.04 Å². The summed E-state index contributed by atoms with van der Waals surface area (Å²) in [7, 11) is 0. The first kappa shape index (κ1) is 15.8. The molecule has 1 saturated heterocycles. The second-order valence-electron chi connectivity index (χ2n) is 5.65. The molecule has 4 nitrogen and oxygen atoms in total. The van der Waals surface area contributed by atoms with Crippen molar-refractivity contribution in [3.8, 4) is 5.75 Å². The number of likely N-dealkylation sites (tertiary alicyclic amines) is 1. The van der Waals surface area contributed by atoms with Crippen LogP contribution in [-0.4, -0.2) is 36.5 Å². The highest BCUT2D eigenvalue weighted by atomic mass is 16.5. The van der Waals surface area contributed by atoms with Crippen molar-refractivity contribution < 1.29 is 9.53 Å². The number of carbonyl (C=O) groups excluding carboxylic acids is 1.